The summed E-state index contributed by atoms with van der Waals surface area (Å²) in [6.45, 7) is 2.76. The zero-order valence-electron chi connectivity index (χ0n) is 9.96. The normalized spacial score (nSPS) is 21.1. The Kier molecular flexibility index (Phi) is 5.43. The molecule has 5 heteroatoms. The van der Waals surface area contributed by atoms with Crippen molar-refractivity contribution >= 4 is 29.7 Å². The van der Waals surface area contributed by atoms with Crippen LogP contribution in [0.3, 0.4) is 0 Å². The van der Waals surface area contributed by atoms with Crippen LogP contribution in [0.4, 0.5) is 0 Å². The van der Waals surface area contributed by atoms with Crippen LogP contribution >= 0.6 is 23.7 Å². The first-order valence-corrected chi connectivity index (χ1v) is 6.70. The molecule has 1 saturated heterocycles. The largest absolute Gasteiger partial charge is 0.336 e. The Balaban J connectivity index is 0.00000144. The van der Waals surface area contributed by atoms with Crippen molar-refractivity contribution in [3.8, 4) is 0 Å². The lowest BCUT2D eigenvalue weighted by molar-refractivity contribution is -0.132. The van der Waals surface area contributed by atoms with Gasteiger partial charge < -0.3 is 10.6 Å². The lowest BCUT2D eigenvalue weighted by atomic mass is 10.1. The van der Waals surface area contributed by atoms with E-state index in [-0.39, 0.29) is 30.4 Å². The number of carbonyl (C=O) groups is 1. The monoisotopic (exact) mass is 274 g/mol. The van der Waals surface area contributed by atoms with E-state index >= 15 is 0 Å². The molecule has 1 aromatic heterocycles. The second-order valence-electron chi connectivity index (χ2n) is 4.48. The molecular weight excluding hydrogens is 256 g/mol. The minimum atomic E-state index is -0.0452. The summed E-state index contributed by atoms with van der Waals surface area (Å²) in [6.07, 6.45) is 2.65. The molecule has 0 bridgehead atoms. The first-order valence-electron chi connectivity index (χ1n) is 5.75. The molecule has 17 heavy (non-hydrogen) atoms. The average Bonchev–Trinajstić information content (AvgIpc) is 2.87. The van der Waals surface area contributed by atoms with Gasteiger partial charge in [-0.05, 0) is 42.2 Å². The molecule has 0 spiro atoms. The van der Waals surface area contributed by atoms with Gasteiger partial charge in [0.2, 0.25) is 5.91 Å². The van der Waals surface area contributed by atoms with Crippen molar-refractivity contribution in [2.45, 2.75) is 38.3 Å². The van der Waals surface area contributed by atoms with E-state index in [1.807, 2.05) is 11.8 Å². The lowest BCUT2D eigenvalue weighted by Crippen LogP contribution is -2.34. The molecule has 1 fully saturated rings. The van der Waals surface area contributed by atoms with Crippen molar-refractivity contribution in [3.63, 3.8) is 0 Å². The van der Waals surface area contributed by atoms with Crippen molar-refractivity contribution in [1.82, 2.24) is 4.90 Å². The fourth-order valence-corrected chi connectivity index (χ4v) is 2.98. The lowest BCUT2D eigenvalue weighted by Gasteiger charge is -2.25. The molecule has 2 unspecified atom stereocenters. The van der Waals surface area contributed by atoms with Gasteiger partial charge in [0.1, 0.15) is 0 Å². The number of thiophene rings is 1. The van der Waals surface area contributed by atoms with Gasteiger partial charge in [-0.1, -0.05) is 0 Å². The van der Waals surface area contributed by atoms with Crippen molar-refractivity contribution in [1.29, 1.82) is 0 Å². The van der Waals surface area contributed by atoms with Crippen LogP contribution in [0.5, 0.6) is 0 Å². The Bertz CT molecular complexity index is 353. The van der Waals surface area contributed by atoms with Crippen LogP contribution in [0, 0.1) is 0 Å². The summed E-state index contributed by atoms with van der Waals surface area (Å²) >= 11 is 1.69. The molecule has 0 saturated carbocycles. The SMILES string of the molecule is CC(N)CC(=O)N1CCCC1c1ccsc1.Cl. The highest BCUT2D eigenvalue weighted by Crippen LogP contribution is 2.33. The highest BCUT2D eigenvalue weighted by molar-refractivity contribution is 7.07. The minimum absolute atomic E-state index is 0. The van der Waals surface area contributed by atoms with E-state index in [1.54, 1.807) is 11.3 Å². The smallest absolute Gasteiger partial charge is 0.224 e. The van der Waals surface area contributed by atoms with Gasteiger partial charge in [0, 0.05) is 19.0 Å². The fraction of sp³-hybridized carbons (Fsp3) is 0.583. The molecule has 96 valence electrons. The van der Waals surface area contributed by atoms with Crippen LogP contribution in [-0.4, -0.2) is 23.4 Å². The van der Waals surface area contributed by atoms with E-state index in [1.165, 1.54) is 5.56 Å². The van der Waals surface area contributed by atoms with E-state index in [4.69, 9.17) is 5.73 Å². The maximum atomic E-state index is 12.0. The van der Waals surface area contributed by atoms with Gasteiger partial charge in [-0.3, -0.25) is 4.79 Å². The number of nitrogens with two attached hydrogens (primary N) is 1. The standard InChI is InChI=1S/C12H18N2OS.ClH/c1-9(13)7-12(15)14-5-2-3-11(14)10-4-6-16-8-10;/h4,6,8-9,11H,2-3,5,7,13H2,1H3;1H. The van der Waals surface area contributed by atoms with Crippen molar-refractivity contribution in [2.24, 2.45) is 5.73 Å². The third-order valence-corrected chi connectivity index (χ3v) is 3.70. The molecule has 2 N–H and O–H groups in total. The molecule has 0 aromatic carbocycles. The molecule has 1 amide bonds. The van der Waals surface area contributed by atoms with Gasteiger partial charge in [0.25, 0.3) is 0 Å². The number of rotatable bonds is 3. The minimum Gasteiger partial charge on any atom is -0.336 e. The predicted octanol–water partition coefficient (Wildman–Crippen LogP) is 2.57. The van der Waals surface area contributed by atoms with Gasteiger partial charge in [-0.2, -0.15) is 11.3 Å². The van der Waals surface area contributed by atoms with Crippen LogP contribution in [-0.2, 0) is 4.79 Å². The van der Waals surface area contributed by atoms with Crippen LogP contribution in [0.15, 0.2) is 16.8 Å². The van der Waals surface area contributed by atoms with Crippen LogP contribution in [0.2, 0.25) is 0 Å². The maximum absolute atomic E-state index is 12.0. The average molecular weight is 275 g/mol. The van der Waals surface area contributed by atoms with Crippen molar-refractivity contribution < 1.29 is 4.79 Å². The summed E-state index contributed by atoms with van der Waals surface area (Å²) in [5.41, 5.74) is 6.96. The topological polar surface area (TPSA) is 46.3 Å². The molecule has 0 aliphatic carbocycles. The summed E-state index contributed by atoms with van der Waals surface area (Å²) < 4.78 is 0. The molecule has 2 rings (SSSR count). The van der Waals surface area contributed by atoms with Crippen LogP contribution < -0.4 is 5.73 Å². The van der Waals surface area contributed by atoms with Crippen LogP contribution in [0.1, 0.15) is 37.8 Å². The highest BCUT2D eigenvalue weighted by Gasteiger charge is 2.30. The summed E-state index contributed by atoms with van der Waals surface area (Å²) in [6, 6.07) is 2.36. The number of hydrogen-bond donors (Lipinski definition) is 1. The second-order valence-corrected chi connectivity index (χ2v) is 5.26. The predicted molar refractivity (Wildman–Crippen MR) is 73.5 cm³/mol. The van der Waals surface area contributed by atoms with Gasteiger partial charge in [-0.15, -0.1) is 12.4 Å². The van der Waals surface area contributed by atoms with Gasteiger partial charge in [-0.25, -0.2) is 0 Å². The van der Waals surface area contributed by atoms with Gasteiger partial charge >= 0.3 is 0 Å². The van der Waals surface area contributed by atoms with E-state index in [0.29, 0.717) is 6.42 Å². The zero-order valence-corrected chi connectivity index (χ0v) is 11.6. The summed E-state index contributed by atoms with van der Waals surface area (Å²) in [5.74, 6) is 0.198. The number of carbonyl (C=O) groups excluding carboxylic acids is 1. The van der Waals surface area contributed by atoms with E-state index in [2.05, 4.69) is 16.8 Å². The fourth-order valence-electron chi connectivity index (χ4n) is 2.27. The summed E-state index contributed by atoms with van der Waals surface area (Å²) in [7, 11) is 0. The van der Waals surface area contributed by atoms with E-state index in [9.17, 15) is 4.79 Å². The molecule has 3 nitrogen and oxygen atoms in total. The van der Waals surface area contributed by atoms with Gasteiger partial charge in [0.05, 0.1) is 6.04 Å². The highest BCUT2D eigenvalue weighted by atomic mass is 35.5. The maximum Gasteiger partial charge on any atom is 0.224 e. The first kappa shape index (κ1) is 14.5. The number of amides is 1. The van der Waals surface area contributed by atoms with Crippen molar-refractivity contribution in [2.75, 3.05) is 6.54 Å². The Morgan fingerprint density at radius 1 is 1.71 bits per heavy atom. The quantitative estimate of drug-likeness (QED) is 0.921. The zero-order chi connectivity index (χ0) is 11.5. The van der Waals surface area contributed by atoms with Crippen molar-refractivity contribution in [3.05, 3.63) is 22.4 Å². The second kappa shape index (κ2) is 6.38. The summed E-state index contributed by atoms with van der Waals surface area (Å²) in [5, 5.41) is 4.21. The van der Waals surface area contributed by atoms with Gasteiger partial charge in [0.15, 0.2) is 0 Å². The first-order chi connectivity index (χ1) is 7.68. The molecule has 2 heterocycles. The molecule has 1 aliphatic rings. The Hall–Kier alpha value is -0.580. The van der Waals surface area contributed by atoms with Crippen LogP contribution in [0.25, 0.3) is 0 Å². The molecule has 0 radical (unpaired) electrons. The Labute approximate surface area is 112 Å². The Morgan fingerprint density at radius 3 is 3.06 bits per heavy atom. The molecular formula is C12H19ClN2OS. The summed E-state index contributed by atoms with van der Waals surface area (Å²) in [4.78, 5) is 14.0. The number of likely N-dealkylation sites (tertiary alicyclic amines) is 1. The number of hydrogen-bond acceptors (Lipinski definition) is 3. The Morgan fingerprint density at radius 2 is 2.47 bits per heavy atom. The van der Waals surface area contributed by atoms with E-state index < -0.39 is 0 Å². The number of halogens is 1. The third kappa shape index (κ3) is 3.44. The third-order valence-electron chi connectivity index (χ3n) is 3.00. The number of nitrogens with zero attached hydrogens (tertiary/aromatic N) is 1. The van der Waals surface area contributed by atoms with E-state index in [0.717, 1.165) is 19.4 Å². The molecule has 2 atom stereocenters. The molecule has 1 aromatic rings. The molecule has 1 aliphatic heterocycles.